The number of anilines is 1. The highest BCUT2D eigenvalue weighted by atomic mass is 16.5. The van der Waals surface area contributed by atoms with Crippen molar-refractivity contribution in [1.82, 2.24) is 9.78 Å². The number of nitrogens with zero attached hydrogens (tertiary/aromatic N) is 2. The van der Waals surface area contributed by atoms with Gasteiger partial charge in [-0.05, 0) is 19.1 Å². The van der Waals surface area contributed by atoms with E-state index in [1.54, 1.807) is 13.3 Å². The summed E-state index contributed by atoms with van der Waals surface area (Å²) in [6.07, 6.45) is 3.71. The van der Waals surface area contributed by atoms with Gasteiger partial charge >= 0.3 is 0 Å². The number of hydrogen-bond donors (Lipinski definition) is 2. The molecule has 5 nitrogen and oxygen atoms in total. The SMILES string of the molecule is CCn1cc(C(CO)Nc2cccc(OC)c2)cn1. The van der Waals surface area contributed by atoms with Crippen molar-refractivity contribution in [3.8, 4) is 5.75 Å². The van der Waals surface area contributed by atoms with Gasteiger partial charge in [-0.1, -0.05) is 6.07 Å². The normalized spacial score (nSPS) is 12.2. The van der Waals surface area contributed by atoms with E-state index in [4.69, 9.17) is 4.74 Å². The minimum Gasteiger partial charge on any atom is -0.497 e. The van der Waals surface area contributed by atoms with E-state index in [0.29, 0.717) is 0 Å². The summed E-state index contributed by atoms with van der Waals surface area (Å²) in [4.78, 5) is 0. The van der Waals surface area contributed by atoms with Gasteiger partial charge in [-0.3, -0.25) is 4.68 Å². The van der Waals surface area contributed by atoms with Crippen molar-refractivity contribution in [1.29, 1.82) is 0 Å². The van der Waals surface area contributed by atoms with Crippen LogP contribution in [-0.2, 0) is 6.54 Å². The fourth-order valence-electron chi connectivity index (χ4n) is 1.88. The van der Waals surface area contributed by atoms with E-state index in [2.05, 4.69) is 10.4 Å². The quantitative estimate of drug-likeness (QED) is 0.835. The van der Waals surface area contributed by atoms with Crippen molar-refractivity contribution < 1.29 is 9.84 Å². The Balaban J connectivity index is 2.13. The van der Waals surface area contributed by atoms with Crippen molar-refractivity contribution in [2.75, 3.05) is 19.0 Å². The number of nitrogens with one attached hydrogen (secondary N) is 1. The number of methoxy groups -OCH3 is 1. The minimum atomic E-state index is -0.174. The van der Waals surface area contributed by atoms with Crippen molar-refractivity contribution in [3.63, 3.8) is 0 Å². The highest BCUT2D eigenvalue weighted by molar-refractivity contribution is 5.49. The van der Waals surface area contributed by atoms with Crippen LogP contribution in [0.15, 0.2) is 36.7 Å². The molecule has 0 aliphatic heterocycles. The largest absolute Gasteiger partial charge is 0.497 e. The highest BCUT2D eigenvalue weighted by Gasteiger charge is 2.12. The number of aliphatic hydroxyl groups is 1. The molecule has 2 aromatic rings. The minimum absolute atomic E-state index is 0.00656. The maximum atomic E-state index is 9.52. The smallest absolute Gasteiger partial charge is 0.120 e. The molecule has 0 radical (unpaired) electrons. The predicted octanol–water partition coefficient (Wildman–Crippen LogP) is 2.06. The van der Waals surface area contributed by atoms with Gasteiger partial charge in [0.2, 0.25) is 0 Å². The van der Waals surface area contributed by atoms with Gasteiger partial charge < -0.3 is 15.2 Å². The Labute approximate surface area is 112 Å². The molecule has 1 atom stereocenters. The van der Waals surface area contributed by atoms with Gasteiger partial charge in [0, 0.05) is 30.1 Å². The zero-order valence-electron chi connectivity index (χ0n) is 11.2. The first-order valence-corrected chi connectivity index (χ1v) is 6.30. The molecule has 1 aromatic heterocycles. The highest BCUT2D eigenvalue weighted by Crippen LogP contribution is 2.22. The second-order valence-electron chi connectivity index (χ2n) is 4.24. The van der Waals surface area contributed by atoms with E-state index in [1.165, 1.54) is 0 Å². The van der Waals surface area contributed by atoms with Gasteiger partial charge in [0.15, 0.2) is 0 Å². The molecule has 1 aromatic carbocycles. The third-order valence-corrected chi connectivity index (χ3v) is 2.97. The molecule has 0 amide bonds. The van der Waals surface area contributed by atoms with E-state index in [0.717, 1.165) is 23.5 Å². The summed E-state index contributed by atoms with van der Waals surface area (Å²) < 4.78 is 7.02. The second-order valence-corrected chi connectivity index (χ2v) is 4.24. The molecule has 1 heterocycles. The molecule has 0 saturated carbocycles. The van der Waals surface area contributed by atoms with Gasteiger partial charge in [-0.15, -0.1) is 0 Å². The first-order chi connectivity index (χ1) is 9.26. The Morgan fingerprint density at radius 2 is 2.32 bits per heavy atom. The molecule has 102 valence electrons. The molecular weight excluding hydrogens is 242 g/mol. The molecule has 2 N–H and O–H groups in total. The lowest BCUT2D eigenvalue weighted by Gasteiger charge is -2.16. The maximum Gasteiger partial charge on any atom is 0.120 e. The third-order valence-electron chi connectivity index (χ3n) is 2.97. The average molecular weight is 261 g/mol. The second kappa shape index (κ2) is 6.24. The van der Waals surface area contributed by atoms with Gasteiger partial charge in [0.1, 0.15) is 5.75 Å². The fourth-order valence-corrected chi connectivity index (χ4v) is 1.88. The molecule has 0 bridgehead atoms. The molecule has 2 rings (SSSR count). The average Bonchev–Trinajstić information content (AvgIpc) is 2.93. The van der Waals surface area contributed by atoms with Crippen LogP contribution >= 0.6 is 0 Å². The summed E-state index contributed by atoms with van der Waals surface area (Å²) in [7, 11) is 1.63. The third kappa shape index (κ3) is 3.26. The van der Waals surface area contributed by atoms with Crippen LogP contribution < -0.4 is 10.1 Å². The summed E-state index contributed by atoms with van der Waals surface area (Å²) >= 11 is 0. The van der Waals surface area contributed by atoms with E-state index in [1.807, 2.05) is 42.1 Å². The summed E-state index contributed by atoms with van der Waals surface area (Å²) in [6, 6.07) is 7.45. The fraction of sp³-hybridized carbons (Fsp3) is 0.357. The van der Waals surface area contributed by atoms with E-state index in [-0.39, 0.29) is 12.6 Å². The molecule has 5 heteroatoms. The number of rotatable bonds is 6. The first-order valence-electron chi connectivity index (χ1n) is 6.30. The van der Waals surface area contributed by atoms with Gasteiger partial charge in [0.05, 0.1) is 26.0 Å². The molecule has 0 aliphatic carbocycles. The number of ether oxygens (including phenoxy) is 1. The first kappa shape index (κ1) is 13.4. The topological polar surface area (TPSA) is 59.3 Å². The lowest BCUT2D eigenvalue weighted by atomic mass is 10.1. The van der Waals surface area contributed by atoms with Gasteiger partial charge in [-0.25, -0.2) is 0 Å². The molecule has 0 saturated heterocycles. The Kier molecular flexibility index (Phi) is 4.41. The van der Waals surface area contributed by atoms with Crippen LogP contribution in [0.2, 0.25) is 0 Å². The Morgan fingerprint density at radius 1 is 1.47 bits per heavy atom. The van der Waals surface area contributed by atoms with E-state index < -0.39 is 0 Å². The molecule has 19 heavy (non-hydrogen) atoms. The number of aromatic nitrogens is 2. The lowest BCUT2D eigenvalue weighted by molar-refractivity contribution is 0.276. The number of benzene rings is 1. The summed E-state index contributed by atoms with van der Waals surface area (Å²) in [5.74, 6) is 0.783. The summed E-state index contributed by atoms with van der Waals surface area (Å²) in [5, 5.41) is 17.0. The Morgan fingerprint density at radius 3 is 2.95 bits per heavy atom. The summed E-state index contributed by atoms with van der Waals surface area (Å²) in [5.41, 5.74) is 1.87. The molecule has 0 spiro atoms. The number of aliphatic hydroxyl groups excluding tert-OH is 1. The Hall–Kier alpha value is -2.01. The van der Waals surface area contributed by atoms with Crippen molar-refractivity contribution >= 4 is 5.69 Å². The predicted molar refractivity (Wildman–Crippen MR) is 74.3 cm³/mol. The van der Waals surface area contributed by atoms with Crippen LogP contribution in [-0.4, -0.2) is 28.6 Å². The van der Waals surface area contributed by atoms with Gasteiger partial charge in [0.25, 0.3) is 0 Å². The lowest BCUT2D eigenvalue weighted by Crippen LogP contribution is -2.14. The monoisotopic (exact) mass is 261 g/mol. The van der Waals surface area contributed by atoms with Crippen LogP contribution in [0, 0.1) is 0 Å². The van der Waals surface area contributed by atoms with Crippen molar-refractivity contribution in [3.05, 3.63) is 42.2 Å². The maximum absolute atomic E-state index is 9.52. The number of hydrogen-bond acceptors (Lipinski definition) is 4. The summed E-state index contributed by atoms with van der Waals surface area (Å²) in [6.45, 7) is 2.85. The van der Waals surface area contributed by atoms with Crippen molar-refractivity contribution in [2.24, 2.45) is 0 Å². The molecule has 0 aliphatic rings. The van der Waals surface area contributed by atoms with Crippen LogP contribution in [0.25, 0.3) is 0 Å². The Bertz CT molecular complexity index is 525. The number of aryl methyl sites for hydroxylation is 1. The van der Waals surface area contributed by atoms with Crippen molar-refractivity contribution in [2.45, 2.75) is 19.5 Å². The van der Waals surface area contributed by atoms with Crippen LogP contribution in [0.4, 0.5) is 5.69 Å². The molecular formula is C14H19N3O2. The zero-order valence-corrected chi connectivity index (χ0v) is 11.2. The zero-order chi connectivity index (χ0) is 13.7. The molecule has 1 unspecified atom stereocenters. The van der Waals surface area contributed by atoms with Crippen LogP contribution in [0.1, 0.15) is 18.5 Å². The standard InChI is InChI=1S/C14H19N3O2/c1-3-17-9-11(8-15-17)14(10-18)16-12-5-4-6-13(7-12)19-2/h4-9,14,16,18H,3,10H2,1-2H3. The van der Waals surface area contributed by atoms with Crippen LogP contribution in [0.3, 0.4) is 0 Å². The van der Waals surface area contributed by atoms with Gasteiger partial charge in [-0.2, -0.15) is 5.10 Å². The molecule has 0 fully saturated rings. The van der Waals surface area contributed by atoms with E-state index >= 15 is 0 Å². The van der Waals surface area contributed by atoms with Crippen LogP contribution in [0.5, 0.6) is 5.75 Å². The van der Waals surface area contributed by atoms with E-state index in [9.17, 15) is 5.11 Å².